The van der Waals surface area contributed by atoms with E-state index in [1.165, 1.54) is 33.2 Å². The van der Waals surface area contributed by atoms with Gasteiger partial charge in [-0.2, -0.15) is 4.57 Å². The fraction of sp³-hybridized carbons (Fsp3) is 0.400. The van der Waals surface area contributed by atoms with Gasteiger partial charge in [0.1, 0.15) is 5.82 Å². The van der Waals surface area contributed by atoms with E-state index in [1.807, 2.05) is 0 Å². The molecule has 0 N–H and O–H groups in total. The summed E-state index contributed by atoms with van der Waals surface area (Å²) < 4.78 is 17.8. The van der Waals surface area contributed by atoms with Gasteiger partial charge in [-0.3, -0.25) is 0 Å². The van der Waals surface area contributed by atoms with E-state index in [0.717, 1.165) is 24.8 Å². The van der Waals surface area contributed by atoms with Gasteiger partial charge in [-0.1, -0.05) is 52.0 Å². The summed E-state index contributed by atoms with van der Waals surface area (Å²) in [5.41, 5.74) is 5.93. The smallest absolute Gasteiger partial charge is 0.207 e. The number of hydrogen-bond donors (Lipinski definition) is 0. The summed E-state index contributed by atoms with van der Waals surface area (Å²) in [7, 11) is 0. The molecular formula is C25H25FN+. The van der Waals surface area contributed by atoms with Crippen LogP contribution in [0.1, 0.15) is 63.6 Å². The van der Waals surface area contributed by atoms with Gasteiger partial charge in [0.25, 0.3) is 0 Å². The highest BCUT2D eigenvalue weighted by Gasteiger charge is 2.77. The van der Waals surface area contributed by atoms with Gasteiger partial charge in [-0.05, 0) is 29.0 Å². The molecule has 2 aromatic carbocycles. The number of nitrogens with zero attached hydrogens (tertiary/aromatic N) is 1. The first-order chi connectivity index (χ1) is 12.9. The molecule has 0 spiro atoms. The molecule has 0 saturated heterocycles. The van der Waals surface area contributed by atoms with E-state index in [1.54, 1.807) is 6.07 Å². The van der Waals surface area contributed by atoms with Gasteiger partial charge in [0, 0.05) is 29.9 Å². The predicted octanol–water partition coefficient (Wildman–Crippen LogP) is 5.74. The molecule has 1 aromatic heterocycles. The van der Waals surface area contributed by atoms with Gasteiger partial charge in [-0.25, -0.2) is 4.39 Å². The molecule has 2 heteroatoms. The van der Waals surface area contributed by atoms with Crippen molar-refractivity contribution in [1.82, 2.24) is 0 Å². The molecule has 1 aliphatic heterocycles. The molecular weight excluding hydrogens is 333 g/mol. The van der Waals surface area contributed by atoms with Crippen molar-refractivity contribution >= 4 is 10.8 Å². The van der Waals surface area contributed by atoms with Gasteiger partial charge < -0.3 is 0 Å². The summed E-state index contributed by atoms with van der Waals surface area (Å²) in [5, 5.41) is 2.59. The van der Waals surface area contributed by atoms with Gasteiger partial charge >= 0.3 is 0 Å². The van der Waals surface area contributed by atoms with E-state index in [0.29, 0.717) is 0 Å². The molecule has 2 unspecified atom stereocenters. The van der Waals surface area contributed by atoms with E-state index >= 15 is 4.39 Å². The van der Waals surface area contributed by atoms with Crippen LogP contribution in [0, 0.1) is 5.82 Å². The summed E-state index contributed by atoms with van der Waals surface area (Å²) in [6.45, 7) is 9.00. The minimum atomic E-state index is -0.336. The lowest BCUT2D eigenvalue weighted by molar-refractivity contribution is -0.734. The number of rotatable bonds is 2. The van der Waals surface area contributed by atoms with Crippen LogP contribution in [0.25, 0.3) is 22.0 Å². The van der Waals surface area contributed by atoms with Crippen molar-refractivity contribution in [3.05, 3.63) is 65.1 Å². The molecule has 1 saturated carbocycles. The molecule has 0 amide bonds. The Morgan fingerprint density at radius 1 is 1.00 bits per heavy atom. The fourth-order valence-electron chi connectivity index (χ4n) is 6.81. The maximum atomic E-state index is 15.3. The minimum absolute atomic E-state index is 0.0623. The average molecular weight is 358 g/mol. The topological polar surface area (TPSA) is 3.88 Å². The molecule has 136 valence electrons. The second-order valence-electron chi connectivity index (χ2n) is 9.27. The molecule has 1 nitrogen and oxygen atoms in total. The van der Waals surface area contributed by atoms with Crippen LogP contribution >= 0.6 is 0 Å². The number of benzene rings is 2. The van der Waals surface area contributed by atoms with Crippen LogP contribution in [-0.2, 0) is 16.4 Å². The fourth-order valence-corrected chi connectivity index (χ4v) is 6.81. The third-order valence-corrected chi connectivity index (χ3v) is 8.19. The quantitative estimate of drug-likeness (QED) is 0.514. The van der Waals surface area contributed by atoms with Crippen molar-refractivity contribution in [3.8, 4) is 11.3 Å². The first-order valence-electron chi connectivity index (χ1n) is 10.2. The number of aromatic nitrogens is 1. The average Bonchev–Trinajstić information content (AvgIpc) is 3.37. The molecule has 2 aliphatic carbocycles. The second kappa shape index (κ2) is 4.43. The summed E-state index contributed by atoms with van der Waals surface area (Å²) in [6, 6.07) is 12.6. The van der Waals surface area contributed by atoms with E-state index in [2.05, 4.69) is 68.8 Å². The Morgan fingerprint density at radius 2 is 1.81 bits per heavy atom. The molecule has 2 atom stereocenters. The Balaban J connectivity index is 1.92. The number of fused-ring (bicyclic) bond motifs is 3. The van der Waals surface area contributed by atoms with Crippen LogP contribution in [-0.4, -0.2) is 0 Å². The molecule has 27 heavy (non-hydrogen) atoms. The Hall–Kier alpha value is -2.22. The highest BCUT2D eigenvalue weighted by Crippen LogP contribution is 2.69. The standard InChI is InChI=1S/C25H25FN/c1-5-24-14-25(24,6-2)27-13-12-15-8-7-9-16-19(15)22(27)20-17(24)10-11-18(26)21(20)23(16,3)4/h7-13H,5-6,14H2,1-4H3/q+1. The van der Waals surface area contributed by atoms with Crippen LogP contribution in [0.2, 0.25) is 0 Å². The highest BCUT2D eigenvalue weighted by atomic mass is 19.1. The van der Waals surface area contributed by atoms with Crippen molar-refractivity contribution in [1.29, 1.82) is 0 Å². The maximum absolute atomic E-state index is 15.3. The summed E-state index contributed by atoms with van der Waals surface area (Å²) in [4.78, 5) is 0. The van der Waals surface area contributed by atoms with Gasteiger partial charge in [-0.15, -0.1) is 0 Å². The first kappa shape index (κ1) is 15.8. The first-order valence-corrected chi connectivity index (χ1v) is 10.2. The zero-order valence-electron chi connectivity index (χ0n) is 16.5. The Kier molecular flexibility index (Phi) is 2.59. The SMILES string of the molecule is CCC12CC1(CC)[n+]1ccc3cccc4c3c1-c1c2ccc(F)c1C4(C)C. The van der Waals surface area contributed by atoms with E-state index < -0.39 is 0 Å². The summed E-state index contributed by atoms with van der Waals surface area (Å²) in [6.07, 6.45) is 5.66. The zero-order chi connectivity index (χ0) is 18.8. The lowest BCUT2D eigenvalue weighted by Crippen LogP contribution is -2.56. The zero-order valence-corrected chi connectivity index (χ0v) is 16.5. The van der Waals surface area contributed by atoms with E-state index in [9.17, 15) is 0 Å². The Morgan fingerprint density at radius 3 is 2.56 bits per heavy atom. The van der Waals surface area contributed by atoms with Crippen molar-refractivity contribution in [2.45, 2.75) is 63.3 Å². The van der Waals surface area contributed by atoms with Crippen LogP contribution in [0.5, 0.6) is 0 Å². The van der Waals surface area contributed by atoms with Gasteiger partial charge in [0.05, 0.1) is 16.4 Å². The van der Waals surface area contributed by atoms with E-state index in [-0.39, 0.29) is 22.2 Å². The summed E-state index contributed by atoms with van der Waals surface area (Å²) in [5.74, 6) is -0.0623. The third kappa shape index (κ3) is 1.43. The predicted molar refractivity (Wildman–Crippen MR) is 107 cm³/mol. The monoisotopic (exact) mass is 358 g/mol. The van der Waals surface area contributed by atoms with Crippen LogP contribution < -0.4 is 4.57 Å². The van der Waals surface area contributed by atoms with Crippen molar-refractivity contribution in [3.63, 3.8) is 0 Å². The second-order valence-corrected chi connectivity index (χ2v) is 9.27. The number of hydrogen-bond acceptors (Lipinski definition) is 0. The normalized spacial score (nSPS) is 28.2. The Bertz CT molecular complexity index is 1170. The molecule has 3 aliphatic rings. The molecule has 6 rings (SSSR count). The van der Waals surface area contributed by atoms with Crippen LogP contribution in [0.4, 0.5) is 4.39 Å². The molecule has 1 fully saturated rings. The lowest BCUT2D eigenvalue weighted by Gasteiger charge is -2.39. The molecule has 2 heterocycles. The van der Waals surface area contributed by atoms with Crippen molar-refractivity contribution in [2.75, 3.05) is 0 Å². The number of pyridine rings is 1. The minimum Gasteiger partial charge on any atom is -0.207 e. The largest absolute Gasteiger partial charge is 0.221 e. The lowest BCUT2D eigenvalue weighted by atomic mass is 9.65. The maximum Gasteiger partial charge on any atom is 0.221 e. The molecule has 0 bridgehead atoms. The van der Waals surface area contributed by atoms with Crippen molar-refractivity contribution in [2.24, 2.45) is 0 Å². The highest BCUT2D eigenvalue weighted by molar-refractivity contribution is 6.01. The van der Waals surface area contributed by atoms with Gasteiger partial charge in [0.15, 0.2) is 11.7 Å². The van der Waals surface area contributed by atoms with Gasteiger partial charge in [0.2, 0.25) is 5.69 Å². The molecule has 0 radical (unpaired) electrons. The van der Waals surface area contributed by atoms with Crippen molar-refractivity contribution < 1.29 is 8.96 Å². The van der Waals surface area contributed by atoms with Crippen LogP contribution in [0.3, 0.4) is 0 Å². The number of halogens is 1. The molecule has 3 aromatic rings. The Labute approximate surface area is 159 Å². The summed E-state index contributed by atoms with van der Waals surface area (Å²) >= 11 is 0. The van der Waals surface area contributed by atoms with E-state index in [4.69, 9.17) is 0 Å². The van der Waals surface area contributed by atoms with Crippen LogP contribution in [0.15, 0.2) is 42.6 Å². The third-order valence-electron chi connectivity index (χ3n) is 8.19.